The summed E-state index contributed by atoms with van der Waals surface area (Å²) in [6.07, 6.45) is 0. The van der Waals surface area contributed by atoms with Crippen LogP contribution in [0.5, 0.6) is 11.5 Å². The van der Waals surface area contributed by atoms with Gasteiger partial charge in [0.25, 0.3) is 5.91 Å². The van der Waals surface area contributed by atoms with Crippen LogP contribution in [0.25, 0.3) is 10.8 Å². The number of nitro groups is 1. The van der Waals surface area contributed by atoms with Gasteiger partial charge in [-0.3, -0.25) is 14.9 Å². The van der Waals surface area contributed by atoms with Crippen molar-refractivity contribution in [1.82, 2.24) is 4.90 Å². The summed E-state index contributed by atoms with van der Waals surface area (Å²) < 4.78 is 0. The van der Waals surface area contributed by atoms with Gasteiger partial charge in [-0.1, -0.05) is 6.07 Å². The van der Waals surface area contributed by atoms with Gasteiger partial charge < -0.3 is 15.1 Å². The van der Waals surface area contributed by atoms with Crippen molar-refractivity contribution >= 4 is 22.4 Å². The van der Waals surface area contributed by atoms with Gasteiger partial charge in [-0.15, -0.1) is 0 Å². The molecule has 0 heterocycles. The number of benzene rings is 2. The van der Waals surface area contributed by atoms with Gasteiger partial charge in [0.15, 0.2) is 5.75 Å². The van der Waals surface area contributed by atoms with Crippen LogP contribution < -0.4 is 0 Å². The number of nitro benzene ring substituents is 1. The van der Waals surface area contributed by atoms with Crippen LogP contribution in [0, 0.1) is 10.1 Å². The summed E-state index contributed by atoms with van der Waals surface area (Å²) in [4.78, 5) is 24.3. The molecule has 7 nitrogen and oxygen atoms in total. The van der Waals surface area contributed by atoms with E-state index in [1.54, 1.807) is 11.0 Å². The Balaban J connectivity index is 2.68. The molecule has 0 aromatic heterocycles. The molecule has 0 saturated heterocycles. The van der Waals surface area contributed by atoms with Gasteiger partial charge >= 0.3 is 5.69 Å². The van der Waals surface area contributed by atoms with E-state index in [0.717, 1.165) is 0 Å². The molecule has 0 fully saturated rings. The molecular weight excluding hydrogens is 288 g/mol. The number of amides is 1. The normalized spacial score (nSPS) is 10.6. The van der Waals surface area contributed by atoms with E-state index in [2.05, 4.69) is 0 Å². The molecule has 7 heteroatoms. The summed E-state index contributed by atoms with van der Waals surface area (Å²) in [5.74, 6) is -1.61. The van der Waals surface area contributed by atoms with Gasteiger partial charge in [0.2, 0.25) is 5.75 Å². The van der Waals surface area contributed by atoms with Crippen molar-refractivity contribution < 1.29 is 19.9 Å². The van der Waals surface area contributed by atoms with Crippen molar-refractivity contribution in [2.45, 2.75) is 13.8 Å². The maximum absolute atomic E-state index is 12.3. The van der Waals surface area contributed by atoms with Gasteiger partial charge in [-0.2, -0.15) is 0 Å². The van der Waals surface area contributed by atoms with Crippen molar-refractivity contribution in [3.63, 3.8) is 0 Å². The number of fused-ring (bicyclic) bond motifs is 1. The molecule has 0 aliphatic carbocycles. The Morgan fingerprint density at radius 1 is 1.23 bits per heavy atom. The first kappa shape index (κ1) is 15.6. The van der Waals surface area contributed by atoms with Gasteiger partial charge in [-0.05, 0) is 37.4 Å². The Hall–Kier alpha value is -2.83. The molecule has 0 radical (unpaired) electrons. The number of nitrogens with zero attached hydrogens (tertiary/aromatic N) is 2. The molecule has 2 aromatic carbocycles. The van der Waals surface area contributed by atoms with E-state index in [1.165, 1.54) is 18.2 Å². The van der Waals surface area contributed by atoms with E-state index in [0.29, 0.717) is 24.0 Å². The van der Waals surface area contributed by atoms with Crippen molar-refractivity contribution in [2.75, 3.05) is 13.1 Å². The van der Waals surface area contributed by atoms with Crippen LogP contribution in [0.2, 0.25) is 0 Å². The Bertz CT molecular complexity index is 753. The zero-order valence-electron chi connectivity index (χ0n) is 12.2. The lowest BCUT2D eigenvalue weighted by Gasteiger charge is -2.18. The first-order valence-corrected chi connectivity index (χ1v) is 6.83. The number of phenolic OH excluding ortho intramolecular Hbond substituents is 2. The molecule has 0 saturated carbocycles. The number of aromatic hydroxyl groups is 2. The van der Waals surface area contributed by atoms with Crippen molar-refractivity contribution in [1.29, 1.82) is 0 Å². The number of hydrogen-bond donors (Lipinski definition) is 2. The Morgan fingerprint density at radius 3 is 2.41 bits per heavy atom. The average Bonchev–Trinajstić information content (AvgIpc) is 2.48. The monoisotopic (exact) mass is 304 g/mol. The molecule has 116 valence electrons. The first-order chi connectivity index (χ1) is 10.4. The minimum Gasteiger partial charge on any atom is -0.504 e. The summed E-state index contributed by atoms with van der Waals surface area (Å²) in [6, 6.07) is 5.65. The molecule has 22 heavy (non-hydrogen) atoms. The van der Waals surface area contributed by atoms with Gasteiger partial charge in [0, 0.05) is 18.7 Å². The lowest BCUT2D eigenvalue weighted by molar-refractivity contribution is -0.384. The van der Waals surface area contributed by atoms with E-state index in [9.17, 15) is 25.1 Å². The summed E-state index contributed by atoms with van der Waals surface area (Å²) in [5.41, 5.74) is -0.311. The second kappa shape index (κ2) is 5.88. The highest BCUT2D eigenvalue weighted by atomic mass is 16.6. The Morgan fingerprint density at radius 2 is 1.86 bits per heavy atom. The van der Waals surface area contributed by atoms with Gasteiger partial charge in [0.05, 0.1) is 10.3 Å². The Labute approximate surface area is 126 Å². The average molecular weight is 304 g/mol. The molecule has 2 aromatic rings. The first-order valence-electron chi connectivity index (χ1n) is 6.83. The second-order valence-electron chi connectivity index (χ2n) is 4.76. The molecule has 0 unspecified atom stereocenters. The van der Waals surface area contributed by atoms with Crippen molar-refractivity contribution in [3.8, 4) is 11.5 Å². The highest BCUT2D eigenvalue weighted by Crippen LogP contribution is 2.41. The summed E-state index contributed by atoms with van der Waals surface area (Å²) in [5, 5.41) is 30.9. The number of rotatable bonds is 4. The molecule has 0 aliphatic heterocycles. The second-order valence-corrected chi connectivity index (χ2v) is 4.76. The lowest BCUT2D eigenvalue weighted by Crippen LogP contribution is -2.30. The molecule has 0 bridgehead atoms. The molecule has 1 amide bonds. The van der Waals surface area contributed by atoms with E-state index >= 15 is 0 Å². The fourth-order valence-corrected chi connectivity index (χ4v) is 2.36. The fraction of sp³-hybridized carbons (Fsp3) is 0.267. The van der Waals surface area contributed by atoms with Crippen LogP contribution >= 0.6 is 0 Å². The number of carbonyl (C=O) groups excluding carboxylic acids is 1. The van der Waals surface area contributed by atoms with Crippen molar-refractivity contribution in [2.24, 2.45) is 0 Å². The minimum atomic E-state index is -0.801. The SMILES string of the molecule is CCN(CC)C(=O)c1ccc2cc(O)c(O)c([N+](=O)[O-])c2c1. The molecule has 0 aliphatic rings. The maximum Gasteiger partial charge on any atom is 0.322 e. The summed E-state index contributed by atoms with van der Waals surface area (Å²) >= 11 is 0. The molecule has 0 spiro atoms. The third-order valence-electron chi connectivity index (χ3n) is 3.55. The van der Waals surface area contributed by atoms with Crippen LogP contribution in [-0.2, 0) is 0 Å². The molecule has 0 atom stereocenters. The van der Waals surface area contributed by atoms with Crippen molar-refractivity contribution in [3.05, 3.63) is 39.9 Å². The Kier molecular flexibility index (Phi) is 4.16. The third-order valence-corrected chi connectivity index (χ3v) is 3.55. The quantitative estimate of drug-likeness (QED) is 0.513. The van der Waals surface area contributed by atoms with E-state index in [1.807, 2.05) is 13.8 Å². The minimum absolute atomic E-state index is 0.110. The van der Waals surface area contributed by atoms with Gasteiger partial charge in [-0.25, -0.2) is 0 Å². The molecular formula is C15H16N2O5. The highest BCUT2D eigenvalue weighted by Gasteiger charge is 2.23. The highest BCUT2D eigenvalue weighted by molar-refractivity contribution is 6.02. The number of carbonyl (C=O) groups is 1. The summed E-state index contributed by atoms with van der Waals surface area (Å²) in [6.45, 7) is 4.73. The predicted molar refractivity (Wildman–Crippen MR) is 81.2 cm³/mol. The largest absolute Gasteiger partial charge is 0.504 e. The fourth-order valence-electron chi connectivity index (χ4n) is 2.36. The van der Waals surface area contributed by atoms with E-state index in [4.69, 9.17) is 0 Å². The van der Waals surface area contributed by atoms with E-state index < -0.39 is 22.1 Å². The third kappa shape index (κ3) is 2.52. The number of hydrogen-bond acceptors (Lipinski definition) is 5. The number of phenols is 2. The predicted octanol–water partition coefficient (Wildman–Crippen LogP) is 2.64. The zero-order chi connectivity index (χ0) is 16.4. The summed E-state index contributed by atoms with van der Waals surface area (Å²) in [7, 11) is 0. The van der Waals surface area contributed by atoms with Crippen LogP contribution in [-0.4, -0.2) is 39.0 Å². The molecule has 2 rings (SSSR count). The van der Waals surface area contributed by atoms with Crippen LogP contribution in [0.15, 0.2) is 24.3 Å². The molecule has 2 N–H and O–H groups in total. The lowest BCUT2D eigenvalue weighted by atomic mass is 10.0. The standard InChI is InChI=1S/C15H16N2O5/c1-3-16(4-2)15(20)10-6-5-9-8-12(18)14(19)13(17(21)22)11(9)7-10/h5-8,18-19H,3-4H2,1-2H3. The zero-order valence-corrected chi connectivity index (χ0v) is 12.2. The maximum atomic E-state index is 12.3. The topological polar surface area (TPSA) is 104 Å². The van der Waals surface area contributed by atoms with Crippen LogP contribution in [0.3, 0.4) is 0 Å². The van der Waals surface area contributed by atoms with Gasteiger partial charge in [0.1, 0.15) is 0 Å². The van der Waals surface area contributed by atoms with Crippen LogP contribution in [0.1, 0.15) is 24.2 Å². The van der Waals surface area contributed by atoms with E-state index in [-0.39, 0.29) is 11.3 Å². The van der Waals surface area contributed by atoms with Crippen LogP contribution in [0.4, 0.5) is 5.69 Å². The smallest absolute Gasteiger partial charge is 0.322 e.